The molecule has 1 amide bonds. The number of hydrogen-bond acceptors (Lipinski definition) is 2. The Kier molecular flexibility index (Phi) is 4.18. The van der Waals surface area contributed by atoms with Crippen LogP contribution in [0.1, 0.15) is 28.4 Å². The molecule has 0 aliphatic carbocycles. The number of phenols is 1. The van der Waals surface area contributed by atoms with E-state index in [0.717, 1.165) is 12.0 Å². The SMILES string of the molecule is CCc1ccc(C(=O)NCc2cccc(O)c2)cc1. The zero-order valence-electron chi connectivity index (χ0n) is 10.9. The average molecular weight is 255 g/mol. The Labute approximate surface area is 112 Å². The lowest BCUT2D eigenvalue weighted by atomic mass is 10.1. The molecule has 0 aliphatic rings. The van der Waals surface area contributed by atoms with Crippen molar-refractivity contribution in [1.82, 2.24) is 5.32 Å². The summed E-state index contributed by atoms with van der Waals surface area (Å²) in [4.78, 5) is 11.9. The molecule has 0 saturated carbocycles. The highest BCUT2D eigenvalue weighted by molar-refractivity contribution is 5.94. The molecule has 0 aromatic heterocycles. The molecule has 3 heteroatoms. The maximum atomic E-state index is 11.9. The molecule has 0 aliphatic heterocycles. The summed E-state index contributed by atoms with van der Waals surface area (Å²) in [6.07, 6.45) is 0.963. The third-order valence-corrected chi connectivity index (χ3v) is 2.99. The molecule has 0 fully saturated rings. The van der Waals surface area contributed by atoms with E-state index in [0.29, 0.717) is 12.1 Å². The van der Waals surface area contributed by atoms with Crippen LogP contribution in [-0.4, -0.2) is 11.0 Å². The molecule has 2 aromatic carbocycles. The van der Waals surface area contributed by atoms with Crippen molar-refractivity contribution in [2.24, 2.45) is 0 Å². The standard InChI is InChI=1S/C16H17NO2/c1-2-12-6-8-14(9-7-12)16(19)17-11-13-4-3-5-15(18)10-13/h3-10,18H,2,11H2,1H3,(H,17,19). The first kappa shape index (κ1) is 13.1. The van der Waals surface area contributed by atoms with Crippen LogP contribution in [0.3, 0.4) is 0 Å². The summed E-state index contributed by atoms with van der Waals surface area (Å²) >= 11 is 0. The van der Waals surface area contributed by atoms with Crippen molar-refractivity contribution >= 4 is 5.91 Å². The zero-order valence-corrected chi connectivity index (χ0v) is 10.9. The van der Waals surface area contributed by atoms with Crippen LogP contribution < -0.4 is 5.32 Å². The molecule has 0 bridgehead atoms. The van der Waals surface area contributed by atoms with E-state index in [-0.39, 0.29) is 11.7 Å². The van der Waals surface area contributed by atoms with Crippen LogP contribution in [-0.2, 0) is 13.0 Å². The van der Waals surface area contributed by atoms with Gasteiger partial charge in [0.05, 0.1) is 0 Å². The molecule has 98 valence electrons. The summed E-state index contributed by atoms with van der Waals surface area (Å²) in [5.41, 5.74) is 2.74. The first-order valence-electron chi connectivity index (χ1n) is 6.34. The van der Waals surface area contributed by atoms with Crippen molar-refractivity contribution in [1.29, 1.82) is 0 Å². The molecule has 0 spiro atoms. The lowest BCUT2D eigenvalue weighted by molar-refractivity contribution is 0.0951. The van der Waals surface area contributed by atoms with Gasteiger partial charge in [0.25, 0.3) is 5.91 Å². The topological polar surface area (TPSA) is 49.3 Å². The van der Waals surface area contributed by atoms with E-state index < -0.39 is 0 Å². The zero-order chi connectivity index (χ0) is 13.7. The Morgan fingerprint density at radius 2 is 1.84 bits per heavy atom. The van der Waals surface area contributed by atoms with Crippen molar-refractivity contribution in [2.45, 2.75) is 19.9 Å². The normalized spacial score (nSPS) is 10.2. The highest BCUT2D eigenvalue weighted by Crippen LogP contribution is 2.11. The first-order valence-corrected chi connectivity index (χ1v) is 6.34. The molecule has 3 nitrogen and oxygen atoms in total. The van der Waals surface area contributed by atoms with Crippen molar-refractivity contribution in [3.05, 3.63) is 65.2 Å². The molecule has 0 atom stereocenters. The lowest BCUT2D eigenvalue weighted by Gasteiger charge is -2.06. The van der Waals surface area contributed by atoms with E-state index in [2.05, 4.69) is 12.2 Å². The molecule has 0 heterocycles. The summed E-state index contributed by atoms with van der Waals surface area (Å²) in [5, 5.41) is 12.2. The number of phenolic OH excluding ortho intramolecular Hbond substituents is 1. The van der Waals surface area contributed by atoms with E-state index in [1.807, 2.05) is 30.3 Å². The molecule has 0 saturated heterocycles. The van der Waals surface area contributed by atoms with Crippen molar-refractivity contribution in [2.75, 3.05) is 0 Å². The summed E-state index contributed by atoms with van der Waals surface area (Å²) in [6, 6.07) is 14.4. The quantitative estimate of drug-likeness (QED) is 0.882. The summed E-state index contributed by atoms with van der Waals surface area (Å²) in [5.74, 6) is 0.102. The van der Waals surface area contributed by atoms with Gasteiger partial charge in [0.15, 0.2) is 0 Å². The van der Waals surface area contributed by atoms with Crippen LogP contribution >= 0.6 is 0 Å². The number of aryl methyl sites for hydroxylation is 1. The number of carbonyl (C=O) groups is 1. The fraction of sp³-hybridized carbons (Fsp3) is 0.188. The predicted molar refractivity (Wildman–Crippen MR) is 75.1 cm³/mol. The fourth-order valence-corrected chi connectivity index (χ4v) is 1.84. The molecule has 2 aromatic rings. The third kappa shape index (κ3) is 3.58. The second-order valence-corrected chi connectivity index (χ2v) is 4.40. The molecule has 2 N–H and O–H groups in total. The highest BCUT2D eigenvalue weighted by Gasteiger charge is 2.05. The monoisotopic (exact) mass is 255 g/mol. The van der Waals surface area contributed by atoms with Gasteiger partial charge in [0, 0.05) is 12.1 Å². The van der Waals surface area contributed by atoms with E-state index in [4.69, 9.17) is 0 Å². The van der Waals surface area contributed by atoms with Gasteiger partial charge in [-0.05, 0) is 41.8 Å². The Hall–Kier alpha value is -2.29. The lowest BCUT2D eigenvalue weighted by Crippen LogP contribution is -2.22. The van der Waals surface area contributed by atoms with Crippen LogP contribution in [0.15, 0.2) is 48.5 Å². The second kappa shape index (κ2) is 6.05. The number of nitrogens with one attached hydrogen (secondary N) is 1. The van der Waals surface area contributed by atoms with Crippen LogP contribution in [0.2, 0.25) is 0 Å². The summed E-state index contributed by atoms with van der Waals surface area (Å²) < 4.78 is 0. The molecular weight excluding hydrogens is 238 g/mol. The minimum Gasteiger partial charge on any atom is -0.508 e. The number of amides is 1. The van der Waals surface area contributed by atoms with Gasteiger partial charge in [0.1, 0.15) is 5.75 Å². The van der Waals surface area contributed by atoms with Gasteiger partial charge < -0.3 is 10.4 Å². The molecule has 2 rings (SSSR count). The molecule has 0 unspecified atom stereocenters. The van der Waals surface area contributed by atoms with Gasteiger partial charge in [-0.3, -0.25) is 4.79 Å². The Morgan fingerprint density at radius 1 is 1.11 bits per heavy atom. The number of benzene rings is 2. The van der Waals surface area contributed by atoms with Crippen LogP contribution in [0, 0.1) is 0 Å². The van der Waals surface area contributed by atoms with E-state index in [9.17, 15) is 9.90 Å². The number of aromatic hydroxyl groups is 1. The molecular formula is C16H17NO2. The van der Waals surface area contributed by atoms with E-state index in [1.165, 1.54) is 5.56 Å². The van der Waals surface area contributed by atoms with Crippen LogP contribution in [0.25, 0.3) is 0 Å². The Bertz CT molecular complexity index is 561. The fourth-order valence-electron chi connectivity index (χ4n) is 1.84. The van der Waals surface area contributed by atoms with Gasteiger partial charge in [-0.25, -0.2) is 0 Å². The van der Waals surface area contributed by atoms with Crippen LogP contribution in [0.5, 0.6) is 5.75 Å². The van der Waals surface area contributed by atoms with Gasteiger partial charge in [0.2, 0.25) is 0 Å². The molecule has 19 heavy (non-hydrogen) atoms. The van der Waals surface area contributed by atoms with E-state index >= 15 is 0 Å². The summed E-state index contributed by atoms with van der Waals surface area (Å²) in [7, 11) is 0. The van der Waals surface area contributed by atoms with Crippen molar-refractivity contribution in [3.8, 4) is 5.75 Å². The van der Waals surface area contributed by atoms with Gasteiger partial charge in [-0.15, -0.1) is 0 Å². The minimum atomic E-state index is -0.106. The van der Waals surface area contributed by atoms with E-state index in [1.54, 1.807) is 18.2 Å². The van der Waals surface area contributed by atoms with Gasteiger partial charge in [-0.2, -0.15) is 0 Å². The second-order valence-electron chi connectivity index (χ2n) is 4.40. The van der Waals surface area contributed by atoms with Gasteiger partial charge in [-0.1, -0.05) is 31.2 Å². The van der Waals surface area contributed by atoms with Crippen molar-refractivity contribution < 1.29 is 9.90 Å². The highest BCUT2D eigenvalue weighted by atomic mass is 16.3. The Morgan fingerprint density at radius 3 is 2.47 bits per heavy atom. The summed E-state index contributed by atoms with van der Waals surface area (Å²) in [6.45, 7) is 2.49. The smallest absolute Gasteiger partial charge is 0.251 e. The Balaban J connectivity index is 1.97. The van der Waals surface area contributed by atoms with Crippen LogP contribution in [0.4, 0.5) is 0 Å². The number of rotatable bonds is 4. The van der Waals surface area contributed by atoms with Gasteiger partial charge >= 0.3 is 0 Å². The maximum Gasteiger partial charge on any atom is 0.251 e. The minimum absolute atomic E-state index is 0.106. The third-order valence-electron chi connectivity index (χ3n) is 2.99. The maximum absolute atomic E-state index is 11.9. The van der Waals surface area contributed by atoms with Crippen molar-refractivity contribution in [3.63, 3.8) is 0 Å². The predicted octanol–water partition coefficient (Wildman–Crippen LogP) is 2.88. The average Bonchev–Trinajstić information content (AvgIpc) is 2.45. The molecule has 0 radical (unpaired) electrons. The largest absolute Gasteiger partial charge is 0.508 e. The number of hydrogen-bond donors (Lipinski definition) is 2. The first-order chi connectivity index (χ1) is 9.19. The number of carbonyl (C=O) groups excluding carboxylic acids is 1.